The molecule has 1 atom stereocenters. The first-order valence-electron chi connectivity index (χ1n) is 5.28. The Morgan fingerprint density at radius 1 is 1.53 bits per heavy atom. The number of rotatable bonds is 6. The number of ether oxygens (including phenoxy) is 1. The van der Waals surface area contributed by atoms with E-state index in [9.17, 15) is 8.42 Å². The van der Waals surface area contributed by atoms with Crippen molar-refractivity contribution in [1.29, 1.82) is 0 Å². The van der Waals surface area contributed by atoms with Gasteiger partial charge in [0.1, 0.15) is 0 Å². The molecule has 1 heterocycles. The molecule has 1 aliphatic rings. The summed E-state index contributed by atoms with van der Waals surface area (Å²) in [5.41, 5.74) is 0. The first kappa shape index (κ1) is 12.9. The van der Waals surface area contributed by atoms with Crippen LogP contribution in [0.15, 0.2) is 0 Å². The van der Waals surface area contributed by atoms with Crippen molar-refractivity contribution in [1.82, 2.24) is 4.90 Å². The van der Waals surface area contributed by atoms with Crippen molar-refractivity contribution in [2.45, 2.75) is 25.4 Å². The summed E-state index contributed by atoms with van der Waals surface area (Å²) in [5, 5.41) is 4.91. The summed E-state index contributed by atoms with van der Waals surface area (Å²) in [5.74, 6) is 0.0584. The van der Waals surface area contributed by atoms with Crippen LogP contribution in [0.4, 0.5) is 0 Å². The number of hydrogen-bond donors (Lipinski definition) is 1. The van der Waals surface area contributed by atoms with E-state index < -0.39 is 10.0 Å². The van der Waals surface area contributed by atoms with Gasteiger partial charge in [-0.2, -0.15) is 0 Å². The molecule has 1 fully saturated rings. The SMILES string of the molecule is CN(CCCS(N)(=O)=O)CC1CCCO1. The van der Waals surface area contributed by atoms with Gasteiger partial charge in [0, 0.05) is 13.2 Å². The zero-order valence-corrected chi connectivity index (χ0v) is 10.0. The Balaban J connectivity index is 2.10. The molecule has 0 amide bonds. The van der Waals surface area contributed by atoms with Crippen LogP contribution in [0.3, 0.4) is 0 Å². The molecule has 0 aliphatic carbocycles. The van der Waals surface area contributed by atoms with E-state index in [4.69, 9.17) is 9.88 Å². The average Bonchev–Trinajstić information content (AvgIpc) is 2.54. The summed E-state index contributed by atoms with van der Waals surface area (Å²) in [4.78, 5) is 2.10. The highest BCUT2D eigenvalue weighted by molar-refractivity contribution is 7.89. The highest BCUT2D eigenvalue weighted by Crippen LogP contribution is 2.12. The van der Waals surface area contributed by atoms with Gasteiger partial charge in [-0.3, -0.25) is 0 Å². The van der Waals surface area contributed by atoms with Crippen LogP contribution in [-0.4, -0.2) is 51.9 Å². The van der Waals surface area contributed by atoms with E-state index in [0.29, 0.717) is 12.5 Å². The van der Waals surface area contributed by atoms with Gasteiger partial charge in [0.05, 0.1) is 11.9 Å². The van der Waals surface area contributed by atoms with Crippen LogP contribution < -0.4 is 5.14 Å². The highest BCUT2D eigenvalue weighted by atomic mass is 32.2. The molecule has 1 rings (SSSR count). The Morgan fingerprint density at radius 2 is 2.27 bits per heavy atom. The quantitative estimate of drug-likeness (QED) is 0.692. The third-order valence-electron chi connectivity index (χ3n) is 2.51. The lowest BCUT2D eigenvalue weighted by Gasteiger charge is -2.19. The summed E-state index contributed by atoms with van der Waals surface area (Å²) in [6, 6.07) is 0. The minimum absolute atomic E-state index is 0.0584. The third-order valence-corrected chi connectivity index (χ3v) is 3.37. The van der Waals surface area contributed by atoms with Gasteiger partial charge in [-0.25, -0.2) is 13.6 Å². The molecule has 0 saturated carbocycles. The first-order chi connectivity index (χ1) is 6.97. The predicted molar refractivity (Wildman–Crippen MR) is 59.1 cm³/mol. The fourth-order valence-corrected chi connectivity index (χ4v) is 2.29. The number of sulfonamides is 1. The number of nitrogens with zero attached hydrogens (tertiary/aromatic N) is 1. The van der Waals surface area contributed by atoms with E-state index in [2.05, 4.69) is 4.90 Å². The maximum Gasteiger partial charge on any atom is 0.209 e. The van der Waals surface area contributed by atoms with Gasteiger partial charge in [-0.1, -0.05) is 0 Å². The molecule has 0 bridgehead atoms. The normalized spacial score (nSPS) is 22.5. The van der Waals surface area contributed by atoms with Crippen LogP contribution in [0.5, 0.6) is 0 Å². The lowest BCUT2D eigenvalue weighted by Crippen LogP contribution is -2.31. The number of nitrogens with two attached hydrogens (primary N) is 1. The van der Waals surface area contributed by atoms with E-state index in [1.54, 1.807) is 0 Å². The van der Waals surface area contributed by atoms with Crippen LogP contribution in [0.1, 0.15) is 19.3 Å². The fraction of sp³-hybridized carbons (Fsp3) is 1.00. The number of hydrogen-bond acceptors (Lipinski definition) is 4. The van der Waals surface area contributed by atoms with Gasteiger partial charge in [0.2, 0.25) is 10.0 Å². The van der Waals surface area contributed by atoms with Crippen LogP contribution in [0.2, 0.25) is 0 Å². The Hall–Kier alpha value is -0.170. The van der Waals surface area contributed by atoms with Crippen molar-refractivity contribution < 1.29 is 13.2 Å². The smallest absolute Gasteiger partial charge is 0.209 e. The maximum absolute atomic E-state index is 10.7. The Morgan fingerprint density at radius 3 is 2.80 bits per heavy atom. The monoisotopic (exact) mass is 236 g/mol. The van der Waals surface area contributed by atoms with E-state index in [-0.39, 0.29) is 5.75 Å². The van der Waals surface area contributed by atoms with Crippen molar-refractivity contribution in [3.8, 4) is 0 Å². The molecular weight excluding hydrogens is 216 g/mol. The van der Waals surface area contributed by atoms with Gasteiger partial charge in [0.25, 0.3) is 0 Å². The molecule has 1 unspecified atom stereocenters. The van der Waals surface area contributed by atoms with Crippen LogP contribution in [0, 0.1) is 0 Å². The van der Waals surface area contributed by atoms with Crippen molar-refractivity contribution >= 4 is 10.0 Å². The minimum atomic E-state index is -3.30. The lowest BCUT2D eigenvalue weighted by atomic mass is 10.2. The number of likely N-dealkylation sites (N-methyl/N-ethyl adjacent to an activating group) is 1. The lowest BCUT2D eigenvalue weighted by molar-refractivity contribution is 0.0813. The average molecular weight is 236 g/mol. The molecule has 2 N–H and O–H groups in total. The van der Waals surface area contributed by atoms with Gasteiger partial charge in [-0.05, 0) is 32.9 Å². The highest BCUT2D eigenvalue weighted by Gasteiger charge is 2.17. The van der Waals surface area contributed by atoms with Crippen LogP contribution in [-0.2, 0) is 14.8 Å². The van der Waals surface area contributed by atoms with Crippen molar-refractivity contribution in [3.05, 3.63) is 0 Å². The van der Waals surface area contributed by atoms with Crippen LogP contribution in [0.25, 0.3) is 0 Å². The zero-order valence-electron chi connectivity index (χ0n) is 9.18. The topological polar surface area (TPSA) is 72.6 Å². The zero-order chi connectivity index (χ0) is 11.3. The number of primary sulfonamides is 1. The second-order valence-corrected chi connectivity index (χ2v) is 5.85. The van der Waals surface area contributed by atoms with E-state index in [1.165, 1.54) is 0 Å². The summed E-state index contributed by atoms with van der Waals surface area (Å²) >= 11 is 0. The molecule has 6 heteroatoms. The maximum atomic E-state index is 10.7. The van der Waals surface area contributed by atoms with Crippen LogP contribution >= 0.6 is 0 Å². The third kappa shape index (κ3) is 6.09. The molecule has 1 saturated heterocycles. The van der Waals surface area contributed by atoms with Gasteiger partial charge in [0.15, 0.2) is 0 Å². The molecule has 0 spiro atoms. The van der Waals surface area contributed by atoms with Crippen molar-refractivity contribution in [3.63, 3.8) is 0 Å². The second-order valence-electron chi connectivity index (χ2n) is 4.12. The fourth-order valence-electron chi connectivity index (χ4n) is 1.76. The molecule has 5 nitrogen and oxygen atoms in total. The molecule has 1 aliphatic heterocycles. The van der Waals surface area contributed by atoms with Gasteiger partial charge >= 0.3 is 0 Å². The summed E-state index contributed by atoms with van der Waals surface area (Å²) in [6.45, 7) is 2.48. The molecule has 90 valence electrons. The van der Waals surface area contributed by atoms with E-state index >= 15 is 0 Å². The predicted octanol–water partition coefficient (Wildman–Crippen LogP) is -0.224. The van der Waals surface area contributed by atoms with E-state index in [0.717, 1.165) is 32.5 Å². The largest absolute Gasteiger partial charge is 0.377 e. The molecular formula is C9H20N2O3S. The molecule has 15 heavy (non-hydrogen) atoms. The first-order valence-corrected chi connectivity index (χ1v) is 6.99. The summed E-state index contributed by atoms with van der Waals surface area (Å²) in [7, 11) is -1.33. The Labute approximate surface area is 91.6 Å². The Kier molecular flexibility index (Phi) is 4.98. The Bertz CT molecular complexity index is 273. The standard InChI is InChI=1S/C9H20N2O3S/c1-11(5-3-7-15(10,12)13)8-9-4-2-6-14-9/h9H,2-8H2,1H3,(H2,10,12,13). The molecule has 0 radical (unpaired) electrons. The summed E-state index contributed by atoms with van der Waals surface area (Å²) in [6.07, 6.45) is 3.15. The van der Waals surface area contributed by atoms with Gasteiger partial charge < -0.3 is 9.64 Å². The minimum Gasteiger partial charge on any atom is -0.377 e. The second kappa shape index (κ2) is 5.79. The summed E-state index contributed by atoms with van der Waals surface area (Å²) < 4.78 is 26.9. The van der Waals surface area contributed by atoms with Crippen molar-refractivity contribution in [2.24, 2.45) is 5.14 Å². The van der Waals surface area contributed by atoms with Gasteiger partial charge in [-0.15, -0.1) is 0 Å². The van der Waals surface area contributed by atoms with E-state index in [1.807, 2.05) is 7.05 Å². The van der Waals surface area contributed by atoms with Crippen molar-refractivity contribution in [2.75, 3.05) is 32.5 Å². The molecule has 0 aromatic heterocycles. The molecule has 0 aromatic carbocycles. The molecule has 0 aromatic rings.